The molecule has 0 fully saturated rings. The fraction of sp³-hybridized carbons (Fsp3) is 0. The van der Waals surface area contributed by atoms with Crippen LogP contribution in [-0.4, -0.2) is 19.4 Å². The largest absolute Gasteiger partial charge is 0 e. The van der Waals surface area contributed by atoms with Crippen LogP contribution in [0.3, 0.4) is 0 Å². The van der Waals surface area contributed by atoms with Gasteiger partial charge in [-0.1, -0.05) is 0 Å². The Kier molecular flexibility index (Phi) is 727. The van der Waals surface area contributed by atoms with Crippen molar-refractivity contribution in [2.75, 3.05) is 0 Å². The Balaban J connectivity index is 0. The standard InChI is InChI=1S/C.B.Si.Ti. The van der Waals surface area contributed by atoms with Gasteiger partial charge < -0.3 is 0 Å². The van der Waals surface area contributed by atoms with Crippen molar-refractivity contribution in [3.8, 4) is 0 Å². The number of rotatable bonds is 0. The molecule has 0 N–H and O–H groups in total. The molecule has 0 heterocycles. The van der Waals surface area contributed by atoms with Gasteiger partial charge in [0.1, 0.15) is 0 Å². The van der Waals surface area contributed by atoms with Crippen LogP contribution in [0.15, 0.2) is 0 Å². The second kappa shape index (κ2) is 36.2. The summed E-state index contributed by atoms with van der Waals surface area (Å²) in [6, 6.07) is 0. The van der Waals surface area contributed by atoms with E-state index in [1.165, 1.54) is 0 Å². The van der Waals surface area contributed by atoms with Crippen LogP contribution in [0, 0.1) is 7.43 Å². The normalized spacial score (nSPS) is 0. The van der Waals surface area contributed by atoms with Crippen molar-refractivity contribution in [3.05, 3.63) is 7.43 Å². The molecule has 3 heteroatoms. The van der Waals surface area contributed by atoms with Crippen molar-refractivity contribution < 1.29 is 21.7 Å². The third kappa shape index (κ3) is 12.0. The zero-order valence-electron chi connectivity index (χ0n) is 2.08. The van der Waals surface area contributed by atoms with Crippen molar-refractivity contribution in [2.45, 2.75) is 0 Å². The molecule has 0 aromatic rings. The molecule has 0 saturated carbocycles. The van der Waals surface area contributed by atoms with E-state index in [0.717, 1.165) is 0 Å². The molecule has 0 aromatic carbocycles. The first kappa shape index (κ1) is 80.4. The van der Waals surface area contributed by atoms with E-state index in [9.17, 15) is 0 Å². The molecular weight excluding hydrogens is 98.8 g/mol. The maximum absolute atomic E-state index is 0. The summed E-state index contributed by atoms with van der Waals surface area (Å²) in [5.74, 6) is 0. The Morgan fingerprint density at radius 1 is 1.00 bits per heavy atom. The molecule has 0 rings (SSSR count). The maximum atomic E-state index is 0. The van der Waals surface area contributed by atoms with E-state index >= 15 is 0 Å². The average molecular weight is 98.8 g/mol. The molecule has 15 valence electrons. The van der Waals surface area contributed by atoms with E-state index in [1.807, 2.05) is 0 Å². The average Bonchev–Trinajstić information content (AvgIpc) is 0. The van der Waals surface area contributed by atoms with Crippen LogP contribution in [0.4, 0.5) is 0 Å². The Labute approximate surface area is 48.8 Å². The SMILES string of the molecule is [B].[C].[Si].[Ti]. The molecule has 0 saturated heterocycles. The zero-order valence-corrected chi connectivity index (χ0v) is 4.64. The van der Waals surface area contributed by atoms with E-state index in [2.05, 4.69) is 0 Å². The van der Waals surface area contributed by atoms with Gasteiger partial charge in [0.05, 0.1) is 0 Å². The van der Waals surface area contributed by atoms with E-state index in [1.54, 1.807) is 0 Å². The van der Waals surface area contributed by atoms with E-state index in [4.69, 9.17) is 0 Å². The summed E-state index contributed by atoms with van der Waals surface area (Å²) in [6.07, 6.45) is 0. The zero-order chi connectivity index (χ0) is 0. The van der Waals surface area contributed by atoms with Gasteiger partial charge in [0.25, 0.3) is 0 Å². The summed E-state index contributed by atoms with van der Waals surface area (Å²) >= 11 is 0. The minimum atomic E-state index is 0. The Hall–Kier alpha value is 0.996. The molecule has 0 atom stereocenters. The molecule has 0 aliphatic rings. The molecule has 0 aliphatic heterocycles. The summed E-state index contributed by atoms with van der Waals surface area (Å²) in [5.41, 5.74) is 0. The monoisotopic (exact) mass is 98.9 g/mol. The molecule has 0 amide bonds. The van der Waals surface area contributed by atoms with Crippen LogP contribution in [0.1, 0.15) is 0 Å². The summed E-state index contributed by atoms with van der Waals surface area (Å²) in [6.45, 7) is 0. The summed E-state index contributed by atoms with van der Waals surface area (Å²) < 4.78 is 0. The van der Waals surface area contributed by atoms with Crippen LogP contribution in [0.25, 0.3) is 0 Å². The fourth-order valence-corrected chi connectivity index (χ4v) is 0. The van der Waals surface area contributed by atoms with Gasteiger partial charge in [0, 0.05) is 48.5 Å². The van der Waals surface area contributed by atoms with Crippen LogP contribution >= 0.6 is 0 Å². The van der Waals surface area contributed by atoms with E-state index in [0.29, 0.717) is 0 Å². The third-order valence-electron chi connectivity index (χ3n) is 0. The van der Waals surface area contributed by atoms with E-state index in [-0.39, 0.29) is 48.5 Å². The van der Waals surface area contributed by atoms with Gasteiger partial charge in [0.2, 0.25) is 0 Å². The second-order valence-corrected chi connectivity index (χ2v) is 0. The smallest absolute Gasteiger partial charge is 0 e. The number of hydrogen-bond donors (Lipinski definition) is 0. The van der Waals surface area contributed by atoms with Gasteiger partial charge in [0.15, 0.2) is 0 Å². The topological polar surface area (TPSA) is 0 Å². The molecule has 0 aliphatic carbocycles. The Morgan fingerprint density at radius 2 is 1.00 bits per heavy atom. The van der Waals surface area contributed by atoms with Gasteiger partial charge >= 0.3 is 0 Å². The van der Waals surface area contributed by atoms with Crippen molar-refractivity contribution in [1.29, 1.82) is 0 Å². The van der Waals surface area contributed by atoms with Crippen molar-refractivity contribution in [3.63, 3.8) is 0 Å². The number of hydrogen-bond acceptors (Lipinski definition) is 0. The molecule has 4 heavy (non-hydrogen) atoms. The molecule has 0 bridgehead atoms. The summed E-state index contributed by atoms with van der Waals surface area (Å²) in [7, 11) is 0. The van der Waals surface area contributed by atoms with Crippen LogP contribution in [0.2, 0.25) is 0 Å². The predicted octanol–water partition coefficient (Wildman–Crippen LogP) is -0.683. The van der Waals surface area contributed by atoms with Crippen LogP contribution < -0.4 is 0 Å². The molecule has 0 spiro atoms. The molecule has 0 aromatic heterocycles. The molecular formula is CBSiTi. The summed E-state index contributed by atoms with van der Waals surface area (Å²) in [4.78, 5) is 0. The van der Waals surface area contributed by atoms with Gasteiger partial charge in [-0.15, -0.1) is 0 Å². The minimum absolute atomic E-state index is 0. The quantitative estimate of drug-likeness (QED) is 0.353. The predicted molar refractivity (Wildman–Crippen MR) is 14.8 cm³/mol. The Morgan fingerprint density at radius 3 is 1.00 bits per heavy atom. The molecule has 0 nitrogen and oxygen atoms in total. The van der Waals surface area contributed by atoms with Crippen molar-refractivity contribution in [2.24, 2.45) is 0 Å². The molecule has 11 radical (unpaired) electrons. The van der Waals surface area contributed by atoms with Crippen LogP contribution in [0.5, 0.6) is 0 Å². The van der Waals surface area contributed by atoms with Crippen molar-refractivity contribution in [1.82, 2.24) is 0 Å². The van der Waals surface area contributed by atoms with E-state index < -0.39 is 0 Å². The Bertz CT molecular complexity index is 8.00. The third-order valence-corrected chi connectivity index (χ3v) is 0. The van der Waals surface area contributed by atoms with Crippen molar-refractivity contribution >= 4 is 19.4 Å². The molecule has 0 unspecified atom stereocenters. The van der Waals surface area contributed by atoms with Crippen LogP contribution in [-0.2, 0) is 21.7 Å². The van der Waals surface area contributed by atoms with Gasteiger partial charge in [-0.25, -0.2) is 0 Å². The minimum Gasteiger partial charge on any atom is 0 e. The first-order valence-corrected chi connectivity index (χ1v) is 0. The fourth-order valence-electron chi connectivity index (χ4n) is 0. The van der Waals surface area contributed by atoms with Gasteiger partial charge in [-0.2, -0.15) is 0 Å². The first-order chi connectivity index (χ1) is 0. The second-order valence-electron chi connectivity index (χ2n) is 0. The van der Waals surface area contributed by atoms with Gasteiger partial charge in [-0.05, 0) is 0 Å². The summed E-state index contributed by atoms with van der Waals surface area (Å²) in [5, 5.41) is 0. The maximum Gasteiger partial charge on any atom is 0 e. The first-order valence-electron chi connectivity index (χ1n) is 0. The van der Waals surface area contributed by atoms with Gasteiger partial charge in [-0.3, -0.25) is 0 Å².